The average molecular weight is 439 g/mol. The molecule has 1 aliphatic rings. The van der Waals surface area contributed by atoms with Crippen molar-refractivity contribution in [3.63, 3.8) is 0 Å². The maximum absolute atomic E-state index is 12.7. The summed E-state index contributed by atoms with van der Waals surface area (Å²) in [5, 5.41) is 7.32. The molecule has 4 N–H and O–H groups in total. The van der Waals surface area contributed by atoms with Gasteiger partial charge in [-0.25, -0.2) is 14.8 Å². The topological polar surface area (TPSA) is 107 Å². The van der Waals surface area contributed by atoms with E-state index in [0.29, 0.717) is 31.1 Å². The number of rotatable bonds is 7. The van der Waals surface area contributed by atoms with E-state index in [2.05, 4.69) is 26.3 Å². The quantitative estimate of drug-likeness (QED) is 0.514. The van der Waals surface area contributed by atoms with E-state index in [-0.39, 0.29) is 17.6 Å². The number of hydrogen-bond acceptors (Lipinski definition) is 5. The number of benzene rings is 1. The van der Waals surface area contributed by atoms with Gasteiger partial charge in [-0.1, -0.05) is 37.5 Å². The third-order valence-corrected chi connectivity index (χ3v) is 6.19. The summed E-state index contributed by atoms with van der Waals surface area (Å²) in [5.41, 5.74) is 8.46. The number of carbonyl (C=O) groups is 1. The molecule has 2 amide bonds. The van der Waals surface area contributed by atoms with E-state index in [1.165, 1.54) is 6.42 Å². The summed E-state index contributed by atoms with van der Waals surface area (Å²) in [5.74, 6) is 1.22. The summed E-state index contributed by atoms with van der Waals surface area (Å²) in [7, 11) is 0. The molecule has 0 bridgehead atoms. The van der Waals surface area contributed by atoms with Gasteiger partial charge in [-0.05, 0) is 39.7 Å². The number of carbonyl (C=O) groups excluding carboxylic acids is 1. The number of amides is 2. The third kappa shape index (κ3) is 4.50. The van der Waals surface area contributed by atoms with Gasteiger partial charge in [0, 0.05) is 24.6 Å². The van der Waals surface area contributed by atoms with Crippen LogP contribution in [0.1, 0.15) is 58.7 Å². The molecule has 0 saturated heterocycles. The van der Waals surface area contributed by atoms with Crippen molar-refractivity contribution in [3.8, 4) is 0 Å². The largest absolute Gasteiger partial charge is 0.382 e. The monoisotopic (exact) mass is 438 g/mol. The Morgan fingerprint density at radius 2 is 1.97 bits per heavy atom. The number of ether oxygens (including phenoxy) is 1. The average Bonchev–Trinajstić information content (AvgIpc) is 3.11. The van der Waals surface area contributed by atoms with E-state index in [9.17, 15) is 4.79 Å². The number of nitrogens with two attached hydrogens (primary N) is 1. The van der Waals surface area contributed by atoms with Gasteiger partial charge in [0.05, 0.1) is 16.6 Å². The van der Waals surface area contributed by atoms with Crippen molar-refractivity contribution >= 4 is 33.8 Å². The Labute approximate surface area is 188 Å². The number of nitrogens with zero attached hydrogens (tertiary/aromatic N) is 3. The van der Waals surface area contributed by atoms with Gasteiger partial charge in [-0.2, -0.15) is 0 Å². The number of urea groups is 1. The number of nitrogen functional groups attached to an aromatic ring is 1. The molecule has 8 heteroatoms. The fourth-order valence-electron chi connectivity index (χ4n) is 4.77. The minimum absolute atomic E-state index is 0.0769. The number of imidazole rings is 1. The number of para-hydroxylation sites is 1. The van der Waals surface area contributed by atoms with Gasteiger partial charge < -0.3 is 25.7 Å². The van der Waals surface area contributed by atoms with Crippen LogP contribution >= 0.6 is 0 Å². The van der Waals surface area contributed by atoms with Crippen LogP contribution in [0.4, 0.5) is 10.6 Å². The number of pyridine rings is 1. The predicted molar refractivity (Wildman–Crippen MR) is 127 cm³/mol. The standard InChI is InChI=1S/C24H34N6O2/c1-4-32-14-19-28-20-21(17-10-6-7-11-18(17)27-22(20)25)30(19)15-24(12-8-5-9-13-24)29-23(31)26-16(2)3/h6-7,10-11,16H,4-5,8-9,12-15H2,1-3H3,(H2,25,27)(H2,26,29,31). The maximum atomic E-state index is 12.7. The highest BCUT2D eigenvalue weighted by Gasteiger charge is 2.36. The number of aromatic nitrogens is 3. The van der Waals surface area contributed by atoms with Gasteiger partial charge in [-0.15, -0.1) is 0 Å². The van der Waals surface area contributed by atoms with Crippen LogP contribution in [-0.4, -0.2) is 38.8 Å². The van der Waals surface area contributed by atoms with Crippen LogP contribution in [0.2, 0.25) is 0 Å². The Morgan fingerprint density at radius 1 is 1.22 bits per heavy atom. The summed E-state index contributed by atoms with van der Waals surface area (Å²) in [6.45, 7) is 7.51. The lowest BCUT2D eigenvalue weighted by molar-refractivity contribution is 0.122. The van der Waals surface area contributed by atoms with Gasteiger partial charge in [-0.3, -0.25) is 0 Å². The van der Waals surface area contributed by atoms with Crippen molar-refractivity contribution in [3.05, 3.63) is 30.1 Å². The molecule has 172 valence electrons. The van der Waals surface area contributed by atoms with E-state index in [4.69, 9.17) is 15.5 Å². The highest BCUT2D eigenvalue weighted by Crippen LogP contribution is 2.34. The van der Waals surface area contributed by atoms with Crippen LogP contribution in [0.5, 0.6) is 0 Å². The molecule has 2 heterocycles. The third-order valence-electron chi connectivity index (χ3n) is 6.19. The Hall–Kier alpha value is -2.87. The summed E-state index contributed by atoms with van der Waals surface area (Å²) in [4.78, 5) is 22.2. The molecule has 2 aromatic heterocycles. The second-order valence-electron chi connectivity index (χ2n) is 9.06. The van der Waals surface area contributed by atoms with Gasteiger partial charge >= 0.3 is 6.03 Å². The van der Waals surface area contributed by atoms with Crippen LogP contribution in [0, 0.1) is 0 Å². The summed E-state index contributed by atoms with van der Waals surface area (Å²) >= 11 is 0. The SMILES string of the molecule is CCOCc1nc2c(N)nc3ccccc3c2n1CC1(NC(=O)NC(C)C)CCCCC1. The number of hydrogen-bond donors (Lipinski definition) is 3. The Morgan fingerprint density at radius 3 is 2.69 bits per heavy atom. The zero-order valence-electron chi connectivity index (χ0n) is 19.3. The van der Waals surface area contributed by atoms with Crippen molar-refractivity contribution in [2.75, 3.05) is 12.3 Å². The first-order valence-electron chi connectivity index (χ1n) is 11.6. The molecule has 0 atom stereocenters. The Kier molecular flexibility index (Phi) is 6.50. The van der Waals surface area contributed by atoms with Crippen LogP contribution in [0.15, 0.2) is 24.3 Å². The van der Waals surface area contributed by atoms with Crippen molar-refractivity contribution in [1.29, 1.82) is 0 Å². The van der Waals surface area contributed by atoms with Gasteiger partial charge in [0.2, 0.25) is 0 Å². The maximum Gasteiger partial charge on any atom is 0.315 e. The van der Waals surface area contributed by atoms with E-state index in [1.54, 1.807) is 0 Å². The summed E-state index contributed by atoms with van der Waals surface area (Å²) < 4.78 is 7.95. The molecule has 4 rings (SSSR count). The number of nitrogens with one attached hydrogen (secondary N) is 2. The van der Waals surface area contributed by atoms with E-state index in [1.807, 2.05) is 39.0 Å². The predicted octanol–water partition coefficient (Wildman–Crippen LogP) is 4.11. The molecule has 1 aromatic carbocycles. The lowest BCUT2D eigenvalue weighted by atomic mass is 9.81. The molecule has 1 aliphatic carbocycles. The molecule has 0 aliphatic heterocycles. The molecule has 32 heavy (non-hydrogen) atoms. The molecular weight excluding hydrogens is 404 g/mol. The number of anilines is 1. The summed E-state index contributed by atoms with van der Waals surface area (Å²) in [6.07, 6.45) is 5.20. The van der Waals surface area contributed by atoms with Gasteiger partial charge in [0.25, 0.3) is 0 Å². The minimum Gasteiger partial charge on any atom is -0.382 e. The van der Waals surface area contributed by atoms with E-state index in [0.717, 1.165) is 47.9 Å². The molecule has 0 spiro atoms. The fourth-order valence-corrected chi connectivity index (χ4v) is 4.77. The Bertz CT molecular complexity index is 1100. The highest BCUT2D eigenvalue weighted by atomic mass is 16.5. The highest BCUT2D eigenvalue weighted by molar-refractivity contribution is 6.06. The molecule has 1 saturated carbocycles. The van der Waals surface area contributed by atoms with Crippen molar-refractivity contribution < 1.29 is 9.53 Å². The van der Waals surface area contributed by atoms with Crippen molar-refractivity contribution in [2.24, 2.45) is 0 Å². The lowest BCUT2D eigenvalue weighted by Crippen LogP contribution is -2.56. The first-order valence-corrected chi connectivity index (χ1v) is 11.6. The van der Waals surface area contributed by atoms with Gasteiger partial charge in [0.15, 0.2) is 5.82 Å². The van der Waals surface area contributed by atoms with Crippen molar-refractivity contribution in [2.45, 2.75) is 77.6 Å². The van der Waals surface area contributed by atoms with E-state index < -0.39 is 0 Å². The Balaban J connectivity index is 1.83. The van der Waals surface area contributed by atoms with Crippen LogP contribution in [0.3, 0.4) is 0 Å². The van der Waals surface area contributed by atoms with Crippen LogP contribution < -0.4 is 16.4 Å². The van der Waals surface area contributed by atoms with E-state index >= 15 is 0 Å². The molecule has 8 nitrogen and oxygen atoms in total. The van der Waals surface area contributed by atoms with Gasteiger partial charge in [0.1, 0.15) is 17.9 Å². The minimum atomic E-state index is -0.356. The molecular formula is C24H34N6O2. The second kappa shape index (κ2) is 9.32. The molecule has 3 aromatic rings. The lowest BCUT2D eigenvalue weighted by Gasteiger charge is -2.39. The van der Waals surface area contributed by atoms with Crippen LogP contribution in [0.25, 0.3) is 21.9 Å². The smallest absolute Gasteiger partial charge is 0.315 e. The van der Waals surface area contributed by atoms with Crippen molar-refractivity contribution in [1.82, 2.24) is 25.2 Å². The summed E-state index contributed by atoms with van der Waals surface area (Å²) in [6, 6.07) is 7.94. The van der Waals surface area contributed by atoms with Crippen LogP contribution in [-0.2, 0) is 17.9 Å². The second-order valence-corrected chi connectivity index (χ2v) is 9.06. The first-order chi connectivity index (χ1) is 15.4. The normalized spacial score (nSPS) is 16.0. The first kappa shape index (κ1) is 22.3. The molecule has 0 radical (unpaired) electrons. The molecule has 1 fully saturated rings. The molecule has 0 unspecified atom stereocenters. The fraction of sp³-hybridized carbons (Fsp3) is 0.542. The number of fused-ring (bicyclic) bond motifs is 3. The zero-order chi connectivity index (χ0) is 22.7. The zero-order valence-corrected chi connectivity index (χ0v) is 19.3.